The average Bonchev–Trinajstić information content (AvgIpc) is 2.97. The zero-order chi connectivity index (χ0) is 27.0. The van der Waals surface area contributed by atoms with Gasteiger partial charge < -0.3 is 4.74 Å². The summed E-state index contributed by atoms with van der Waals surface area (Å²) >= 11 is 1.18. The quantitative estimate of drug-likeness (QED) is 0.117. The highest BCUT2D eigenvalue weighted by atomic mass is 32.2. The minimum Gasteiger partial charge on any atom is -0.489 e. The Morgan fingerprint density at radius 2 is 1.74 bits per heavy atom. The zero-order valence-corrected chi connectivity index (χ0v) is 22.1. The van der Waals surface area contributed by atoms with Crippen molar-refractivity contribution in [1.82, 2.24) is 15.0 Å². The number of hydrazone groups is 1. The molecule has 0 unspecified atom stereocenters. The summed E-state index contributed by atoms with van der Waals surface area (Å²) < 4.78 is 7.40. The number of carbonyl (C=O) groups excluding carboxylic acids is 1. The molecule has 1 heterocycles. The van der Waals surface area contributed by atoms with Gasteiger partial charge in [0.2, 0.25) is 0 Å². The fourth-order valence-electron chi connectivity index (χ4n) is 3.90. The second kappa shape index (κ2) is 12.2. The highest BCUT2D eigenvalue weighted by Crippen LogP contribution is 2.21. The summed E-state index contributed by atoms with van der Waals surface area (Å²) in [5, 5.41) is 5.04. The third-order valence-corrected chi connectivity index (χ3v) is 6.82. The summed E-state index contributed by atoms with van der Waals surface area (Å²) in [6.45, 7) is 2.45. The first kappa shape index (κ1) is 25.9. The number of para-hydroxylation sites is 1. The first-order chi connectivity index (χ1) is 19.1. The Morgan fingerprint density at radius 1 is 0.974 bits per heavy atom. The number of aromatic nitrogens is 2. The van der Waals surface area contributed by atoms with Crippen LogP contribution in [0.3, 0.4) is 0 Å². The maximum Gasteiger partial charge on any atom is 0.266 e. The molecule has 0 radical (unpaired) electrons. The summed E-state index contributed by atoms with van der Waals surface area (Å²) in [6, 6.07) is 32.2. The molecule has 0 spiro atoms. The number of nitrogens with zero attached hydrogens (tertiary/aromatic N) is 3. The van der Waals surface area contributed by atoms with E-state index in [0.29, 0.717) is 34.1 Å². The van der Waals surface area contributed by atoms with E-state index in [2.05, 4.69) is 15.5 Å². The van der Waals surface area contributed by atoms with Gasteiger partial charge in [-0.1, -0.05) is 84.1 Å². The number of amides is 1. The van der Waals surface area contributed by atoms with Crippen molar-refractivity contribution >= 4 is 34.8 Å². The Balaban J connectivity index is 1.25. The number of nitrogens with one attached hydrogen (secondary N) is 1. The van der Waals surface area contributed by atoms with Crippen molar-refractivity contribution in [3.8, 4) is 11.4 Å². The van der Waals surface area contributed by atoms with Crippen LogP contribution in [0.4, 0.5) is 0 Å². The SMILES string of the molecule is Cc1ccc(-n2c(SCC(=O)N/N=C/c3cccc(OCc4ccccc4)c3)nc3ccccc3c2=O)cc1. The van der Waals surface area contributed by atoms with Crippen LogP contribution in [-0.2, 0) is 11.4 Å². The molecule has 39 heavy (non-hydrogen) atoms. The van der Waals surface area contributed by atoms with Crippen LogP contribution in [0.1, 0.15) is 16.7 Å². The van der Waals surface area contributed by atoms with Crippen molar-refractivity contribution in [1.29, 1.82) is 0 Å². The molecule has 5 rings (SSSR count). The minimum absolute atomic E-state index is 0.0359. The van der Waals surface area contributed by atoms with Crippen LogP contribution in [0, 0.1) is 6.92 Å². The molecule has 1 N–H and O–H groups in total. The summed E-state index contributed by atoms with van der Waals surface area (Å²) in [5.74, 6) is 0.431. The van der Waals surface area contributed by atoms with Gasteiger partial charge >= 0.3 is 0 Å². The van der Waals surface area contributed by atoms with E-state index in [1.54, 1.807) is 22.9 Å². The summed E-state index contributed by atoms with van der Waals surface area (Å²) in [5.41, 5.74) is 6.60. The molecule has 194 valence electrons. The molecule has 0 fully saturated rings. The number of aryl methyl sites for hydroxylation is 1. The van der Waals surface area contributed by atoms with Crippen LogP contribution in [0.2, 0.25) is 0 Å². The maximum absolute atomic E-state index is 13.3. The van der Waals surface area contributed by atoms with Crippen LogP contribution in [-0.4, -0.2) is 27.4 Å². The van der Waals surface area contributed by atoms with Crippen LogP contribution >= 0.6 is 11.8 Å². The Morgan fingerprint density at radius 3 is 2.56 bits per heavy atom. The molecule has 5 aromatic rings. The van der Waals surface area contributed by atoms with E-state index in [1.807, 2.05) is 97.9 Å². The van der Waals surface area contributed by atoms with Crippen LogP contribution in [0.25, 0.3) is 16.6 Å². The van der Waals surface area contributed by atoms with Gasteiger partial charge in [0, 0.05) is 0 Å². The van der Waals surface area contributed by atoms with Crippen molar-refractivity contribution < 1.29 is 9.53 Å². The van der Waals surface area contributed by atoms with Gasteiger partial charge in [0.1, 0.15) is 12.4 Å². The molecule has 0 saturated heterocycles. The number of rotatable bonds is 9. The average molecular weight is 535 g/mol. The lowest BCUT2D eigenvalue weighted by Gasteiger charge is -2.13. The monoisotopic (exact) mass is 534 g/mol. The predicted molar refractivity (Wildman–Crippen MR) is 156 cm³/mol. The van der Waals surface area contributed by atoms with Crippen LogP contribution in [0.5, 0.6) is 5.75 Å². The molecule has 8 heteroatoms. The van der Waals surface area contributed by atoms with Gasteiger partial charge in [-0.05, 0) is 54.4 Å². The molecule has 0 saturated carbocycles. The van der Waals surface area contributed by atoms with E-state index in [9.17, 15) is 9.59 Å². The molecule has 4 aromatic carbocycles. The van der Waals surface area contributed by atoms with Crippen molar-refractivity contribution in [3.63, 3.8) is 0 Å². The lowest BCUT2D eigenvalue weighted by molar-refractivity contribution is -0.118. The van der Waals surface area contributed by atoms with Crippen molar-refractivity contribution in [2.75, 3.05) is 5.75 Å². The standard InChI is InChI=1S/C31H26N4O3S/c1-22-14-16-25(17-15-22)35-30(37)27-12-5-6-13-28(27)33-31(35)39-21-29(36)34-32-19-24-10-7-11-26(18-24)38-20-23-8-3-2-4-9-23/h2-19H,20-21H2,1H3,(H,34,36)/b32-19+. The summed E-state index contributed by atoms with van der Waals surface area (Å²) in [6.07, 6.45) is 1.56. The number of fused-ring (bicyclic) bond motifs is 1. The number of benzene rings is 4. The second-order valence-corrected chi connectivity index (χ2v) is 9.76. The molecule has 7 nitrogen and oxygen atoms in total. The summed E-state index contributed by atoms with van der Waals surface area (Å²) in [7, 11) is 0. The van der Waals surface area contributed by atoms with Gasteiger partial charge in [-0.25, -0.2) is 10.4 Å². The Labute approximate surface area is 230 Å². The molecular formula is C31H26N4O3S. The normalized spacial score (nSPS) is 11.1. The molecule has 0 aliphatic heterocycles. The molecule has 1 aromatic heterocycles. The number of hydrogen-bond acceptors (Lipinski definition) is 6. The first-order valence-corrected chi connectivity index (χ1v) is 13.4. The van der Waals surface area contributed by atoms with E-state index in [0.717, 1.165) is 16.7 Å². The van der Waals surface area contributed by atoms with Crippen molar-refractivity contribution in [2.45, 2.75) is 18.7 Å². The van der Waals surface area contributed by atoms with Crippen molar-refractivity contribution in [3.05, 3.63) is 130 Å². The molecule has 1 amide bonds. The van der Waals surface area contributed by atoms with Gasteiger partial charge in [0.25, 0.3) is 11.5 Å². The number of ether oxygens (including phenoxy) is 1. The zero-order valence-electron chi connectivity index (χ0n) is 21.3. The number of carbonyl (C=O) groups is 1. The minimum atomic E-state index is -0.314. The Kier molecular flexibility index (Phi) is 8.14. The van der Waals surface area contributed by atoms with Gasteiger partial charge in [-0.2, -0.15) is 5.10 Å². The molecule has 0 atom stereocenters. The second-order valence-electron chi connectivity index (χ2n) is 8.82. The topological polar surface area (TPSA) is 85.6 Å². The van der Waals surface area contributed by atoms with E-state index in [-0.39, 0.29) is 17.2 Å². The van der Waals surface area contributed by atoms with Crippen LogP contribution < -0.4 is 15.7 Å². The van der Waals surface area contributed by atoms with Gasteiger partial charge in [0.15, 0.2) is 5.16 Å². The van der Waals surface area contributed by atoms with E-state index in [4.69, 9.17) is 4.74 Å². The van der Waals surface area contributed by atoms with E-state index in [1.165, 1.54) is 11.8 Å². The van der Waals surface area contributed by atoms with E-state index >= 15 is 0 Å². The highest BCUT2D eigenvalue weighted by Gasteiger charge is 2.14. The van der Waals surface area contributed by atoms with Gasteiger partial charge in [-0.3, -0.25) is 14.2 Å². The Hall–Kier alpha value is -4.69. The first-order valence-electron chi connectivity index (χ1n) is 12.4. The largest absolute Gasteiger partial charge is 0.489 e. The van der Waals surface area contributed by atoms with Crippen LogP contribution in [0.15, 0.2) is 118 Å². The molecule has 0 bridgehead atoms. The van der Waals surface area contributed by atoms with Gasteiger partial charge in [0.05, 0.1) is 28.6 Å². The lowest BCUT2D eigenvalue weighted by atomic mass is 10.2. The lowest BCUT2D eigenvalue weighted by Crippen LogP contribution is -2.24. The fourth-order valence-corrected chi connectivity index (χ4v) is 4.70. The molecular weight excluding hydrogens is 508 g/mol. The number of thioether (sulfide) groups is 1. The Bertz CT molecular complexity index is 1680. The highest BCUT2D eigenvalue weighted by molar-refractivity contribution is 7.99. The third-order valence-electron chi connectivity index (χ3n) is 5.88. The van der Waals surface area contributed by atoms with Gasteiger partial charge in [-0.15, -0.1) is 0 Å². The number of hydrogen-bond donors (Lipinski definition) is 1. The van der Waals surface area contributed by atoms with E-state index < -0.39 is 0 Å². The predicted octanol–water partition coefficient (Wildman–Crippen LogP) is 5.52. The molecule has 0 aliphatic rings. The fraction of sp³-hybridized carbons (Fsp3) is 0.0968. The maximum atomic E-state index is 13.3. The smallest absolute Gasteiger partial charge is 0.266 e. The van der Waals surface area contributed by atoms with Crippen molar-refractivity contribution in [2.24, 2.45) is 5.10 Å². The third kappa shape index (κ3) is 6.61. The summed E-state index contributed by atoms with van der Waals surface area (Å²) in [4.78, 5) is 30.6. The molecule has 0 aliphatic carbocycles.